The molecule has 0 amide bonds. The minimum Gasteiger partial charge on any atom is -0.309 e. The van der Waals surface area contributed by atoms with Crippen molar-refractivity contribution in [2.24, 2.45) is 0 Å². The molecule has 51 heavy (non-hydrogen) atoms. The van der Waals surface area contributed by atoms with E-state index in [4.69, 9.17) is 0 Å². The van der Waals surface area contributed by atoms with E-state index in [-0.39, 0.29) is 0 Å². The summed E-state index contributed by atoms with van der Waals surface area (Å²) in [6.45, 7) is 0. The zero-order chi connectivity index (χ0) is 33.2. The lowest BCUT2D eigenvalue weighted by atomic mass is 10.0. The van der Waals surface area contributed by atoms with Crippen LogP contribution >= 0.6 is 0 Å². The van der Waals surface area contributed by atoms with E-state index in [1.54, 1.807) is 0 Å². The summed E-state index contributed by atoms with van der Waals surface area (Å²) in [5.41, 5.74) is 13.3. The first-order chi connectivity index (χ1) is 25.3. The topological polar surface area (TPSA) is 14.3 Å². The molecule has 4 heterocycles. The van der Waals surface area contributed by atoms with Gasteiger partial charge in [0.1, 0.15) is 0 Å². The predicted molar refractivity (Wildman–Crippen MR) is 215 cm³/mol. The molecular formula is C48H29N3. The molecule has 3 heteroatoms. The van der Waals surface area contributed by atoms with Gasteiger partial charge in [0.05, 0.1) is 38.6 Å². The lowest BCUT2D eigenvalue weighted by molar-refractivity contribution is 1.18. The summed E-state index contributed by atoms with van der Waals surface area (Å²) in [4.78, 5) is 0. The van der Waals surface area contributed by atoms with Crippen molar-refractivity contribution < 1.29 is 0 Å². The van der Waals surface area contributed by atoms with Gasteiger partial charge < -0.3 is 13.5 Å². The highest BCUT2D eigenvalue weighted by Gasteiger charge is 2.23. The number of benzene rings is 8. The lowest BCUT2D eigenvalue weighted by Crippen LogP contribution is -1.95. The Morgan fingerprint density at radius 1 is 0.275 bits per heavy atom. The maximum absolute atomic E-state index is 2.50. The first-order valence-corrected chi connectivity index (χ1v) is 17.6. The fourth-order valence-corrected chi connectivity index (χ4v) is 9.08. The van der Waals surface area contributed by atoms with Gasteiger partial charge >= 0.3 is 0 Å². The summed E-state index contributed by atoms with van der Waals surface area (Å²) >= 11 is 0. The van der Waals surface area contributed by atoms with Crippen molar-refractivity contribution in [2.75, 3.05) is 0 Å². The van der Waals surface area contributed by atoms with Gasteiger partial charge in [0.15, 0.2) is 0 Å². The molecule has 0 unspecified atom stereocenters. The van der Waals surface area contributed by atoms with Crippen molar-refractivity contribution >= 4 is 81.7 Å². The van der Waals surface area contributed by atoms with Crippen molar-refractivity contribution in [3.05, 3.63) is 176 Å². The first-order valence-electron chi connectivity index (χ1n) is 17.6. The van der Waals surface area contributed by atoms with Crippen LogP contribution in [0, 0.1) is 0 Å². The molecule has 0 fully saturated rings. The number of para-hydroxylation sites is 4. The summed E-state index contributed by atoms with van der Waals surface area (Å²) < 4.78 is 7.38. The number of hydrogen-bond donors (Lipinski definition) is 0. The Bertz CT molecular complexity index is 3360. The molecule has 0 spiro atoms. The highest BCUT2D eigenvalue weighted by atomic mass is 15.0. The number of aromatic nitrogens is 3. The van der Waals surface area contributed by atoms with Crippen LogP contribution in [0.5, 0.6) is 0 Å². The normalized spacial score (nSPS) is 12.3. The first kappa shape index (κ1) is 27.0. The number of fused-ring (bicyclic) bond motifs is 9. The van der Waals surface area contributed by atoms with Crippen LogP contribution in [0.1, 0.15) is 0 Å². The Morgan fingerprint density at radius 3 is 1.61 bits per heavy atom. The molecule has 0 aliphatic rings. The third kappa shape index (κ3) is 3.52. The molecule has 0 radical (unpaired) electrons. The SMILES string of the molecule is c1ccc(-n2c3ccccc3c3ccc(-c4cccc(-n5c6cccc7c8ccccc8n8c9ccccc9c9ccc5c(c76)c98)c4)cc32)cc1. The quantitative estimate of drug-likeness (QED) is 0.181. The minimum atomic E-state index is 1.16. The highest BCUT2D eigenvalue weighted by Crippen LogP contribution is 2.45. The van der Waals surface area contributed by atoms with E-state index >= 15 is 0 Å². The maximum atomic E-state index is 2.50. The summed E-state index contributed by atoms with van der Waals surface area (Å²) in [6.07, 6.45) is 0. The molecule has 0 aliphatic carbocycles. The molecule has 0 aliphatic heterocycles. The molecule has 0 saturated heterocycles. The zero-order valence-electron chi connectivity index (χ0n) is 27.6. The van der Waals surface area contributed by atoms with E-state index in [0.29, 0.717) is 0 Å². The fourth-order valence-electron chi connectivity index (χ4n) is 9.08. The third-order valence-corrected chi connectivity index (χ3v) is 11.1. The average Bonchev–Trinajstić information content (AvgIpc) is 3.80. The van der Waals surface area contributed by atoms with Crippen LogP contribution in [0.2, 0.25) is 0 Å². The largest absolute Gasteiger partial charge is 0.309 e. The molecule has 0 N–H and O–H groups in total. The van der Waals surface area contributed by atoms with E-state index in [0.717, 1.165) is 5.69 Å². The second-order valence-corrected chi connectivity index (χ2v) is 13.7. The van der Waals surface area contributed by atoms with Crippen molar-refractivity contribution in [2.45, 2.75) is 0 Å². The smallest absolute Gasteiger partial charge is 0.0641 e. The minimum absolute atomic E-state index is 1.16. The Morgan fingerprint density at radius 2 is 0.804 bits per heavy atom. The number of rotatable bonds is 3. The summed E-state index contributed by atoms with van der Waals surface area (Å²) in [5, 5.41) is 10.3. The van der Waals surface area contributed by atoms with Crippen LogP contribution in [0.25, 0.3) is 104 Å². The lowest BCUT2D eigenvalue weighted by Gasteiger charge is -2.12. The second kappa shape index (κ2) is 9.87. The van der Waals surface area contributed by atoms with Crippen LogP contribution in [-0.4, -0.2) is 13.5 Å². The van der Waals surface area contributed by atoms with Gasteiger partial charge in [0.2, 0.25) is 0 Å². The molecule has 0 atom stereocenters. The number of nitrogens with zero attached hydrogens (tertiary/aromatic N) is 3. The molecule has 3 nitrogen and oxygen atoms in total. The van der Waals surface area contributed by atoms with Crippen molar-refractivity contribution in [1.29, 1.82) is 0 Å². The Labute approximate surface area is 292 Å². The van der Waals surface area contributed by atoms with E-state index < -0.39 is 0 Å². The van der Waals surface area contributed by atoms with Gasteiger partial charge in [0.25, 0.3) is 0 Å². The van der Waals surface area contributed by atoms with Gasteiger partial charge in [-0.05, 0) is 77.2 Å². The van der Waals surface area contributed by atoms with Crippen LogP contribution in [0.4, 0.5) is 0 Å². The molecule has 8 aromatic carbocycles. The molecule has 236 valence electrons. The summed E-state index contributed by atoms with van der Waals surface area (Å²) in [6, 6.07) is 64.7. The standard InChI is InChI=1S/C48H29N3/c1-2-13-32(14-3-1)49-40-20-7-4-16-34(40)37-25-24-31(29-45(37)49)30-12-10-15-33(28-30)50-43-23-11-19-38-35-17-5-8-21-41(35)51-42-22-9-6-18-36(42)39-26-27-44(50)47(46(38)43)48(39)51/h1-29H. The van der Waals surface area contributed by atoms with Crippen molar-refractivity contribution in [1.82, 2.24) is 13.5 Å². The molecule has 12 aromatic rings. The van der Waals surface area contributed by atoms with Crippen LogP contribution in [0.3, 0.4) is 0 Å². The molecular weight excluding hydrogens is 619 g/mol. The van der Waals surface area contributed by atoms with Crippen LogP contribution < -0.4 is 0 Å². The molecule has 0 bridgehead atoms. The van der Waals surface area contributed by atoms with Gasteiger partial charge in [-0.25, -0.2) is 0 Å². The second-order valence-electron chi connectivity index (χ2n) is 13.7. The molecule has 4 aromatic heterocycles. The Hall–Kier alpha value is -6.84. The third-order valence-electron chi connectivity index (χ3n) is 11.1. The van der Waals surface area contributed by atoms with Crippen LogP contribution in [-0.2, 0) is 0 Å². The van der Waals surface area contributed by atoms with Gasteiger partial charge in [0, 0.05) is 49.1 Å². The number of hydrogen-bond acceptors (Lipinski definition) is 0. The van der Waals surface area contributed by atoms with Crippen molar-refractivity contribution in [3.63, 3.8) is 0 Å². The van der Waals surface area contributed by atoms with E-state index in [1.807, 2.05) is 0 Å². The zero-order valence-corrected chi connectivity index (χ0v) is 27.6. The van der Waals surface area contributed by atoms with E-state index in [1.165, 1.54) is 98.5 Å². The van der Waals surface area contributed by atoms with E-state index in [2.05, 4.69) is 189 Å². The van der Waals surface area contributed by atoms with Crippen molar-refractivity contribution in [3.8, 4) is 22.5 Å². The summed E-state index contributed by atoms with van der Waals surface area (Å²) in [7, 11) is 0. The van der Waals surface area contributed by atoms with Gasteiger partial charge in [-0.3, -0.25) is 0 Å². The van der Waals surface area contributed by atoms with Crippen LogP contribution in [0.15, 0.2) is 176 Å². The highest BCUT2D eigenvalue weighted by molar-refractivity contribution is 6.33. The maximum Gasteiger partial charge on any atom is 0.0641 e. The van der Waals surface area contributed by atoms with Gasteiger partial charge in [-0.15, -0.1) is 0 Å². The van der Waals surface area contributed by atoms with Gasteiger partial charge in [-0.2, -0.15) is 0 Å². The molecule has 12 rings (SSSR count). The monoisotopic (exact) mass is 647 g/mol. The van der Waals surface area contributed by atoms with E-state index in [9.17, 15) is 0 Å². The Kier molecular flexibility index (Phi) is 5.23. The fraction of sp³-hybridized carbons (Fsp3) is 0. The Balaban J connectivity index is 1.15. The predicted octanol–water partition coefficient (Wildman–Crippen LogP) is 12.7. The molecule has 0 saturated carbocycles. The van der Waals surface area contributed by atoms with Gasteiger partial charge in [-0.1, -0.05) is 115 Å². The summed E-state index contributed by atoms with van der Waals surface area (Å²) in [5.74, 6) is 0. The average molecular weight is 648 g/mol.